The summed E-state index contributed by atoms with van der Waals surface area (Å²) in [6.45, 7) is 1.89. The van der Waals surface area contributed by atoms with Gasteiger partial charge in [-0.3, -0.25) is 5.41 Å². The van der Waals surface area contributed by atoms with E-state index in [9.17, 15) is 4.79 Å². The average molecular weight is 351 g/mol. The minimum absolute atomic E-state index is 0.193. The molecule has 6 heteroatoms. The Labute approximate surface area is 149 Å². The van der Waals surface area contributed by atoms with Gasteiger partial charge in [-0.1, -0.05) is 48.5 Å². The molecule has 5 nitrogen and oxygen atoms in total. The Morgan fingerprint density at radius 3 is 2.56 bits per heavy atom. The Morgan fingerprint density at radius 1 is 1.16 bits per heavy atom. The Balaban J connectivity index is 2.12. The van der Waals surface area contributed by atoms with Gasteiger partial charge in [0.1, 0.15) is 5.01 Å². The molecule has 0 saturated carbocycles. The van der Waals surface area contributed by atoms with E-state index >= 15 is 0 Å². The molecule has 126 valence electrons. The fraction of sp³-hybridized carbons (Fsp3) is 0.105. The first-order valence-electron chi connectivity index (χ1n) is 7.62. The van der Waals surface area contributed by atoms with Gasteiger partial charge < -0.3 is 10.5 Å². The van der Waals surface area contributed by atoms with Crippen LogP contribution in [0.2, 0.25) is 0 Å². The monoisotopic (exact) mass is 351 g/mol. The zero-order chi connectivity index (χ0) is 18.0. The van der Waals surface area contributed by atoms with Gasteiger partial charge in [0.15, 0.2) is 5.69 Å². The summed E-state index contributed by atoms with van der Waals surface area (Å²) in [6, 6.07) is 15.0. The number of anilines is 1. The van der Waals surface area contributed by atoms with Crippen molar-refractivity contribution in [1.29, 1.82) is 5.41 Å². The fourth-order valence-corrected chi connectivity index (χ4v) is 3.48. The van der Waals surface area contributed by atoms with Crippen molar-refractivity contribution in [1.82, 2.24) is 4.98 Å². The van der Waals surface area contributed by atoms with E-state index in [1.807, 2.05) is 49.4 Å². The molecule has 0 saturated heterocycles. The molecule has 25 heavy (non-hydrogen) atoms. The number of aryl methyl sites for hydroxylation is 1. The van der Waals surface area contributed by atoms with Gasteiger partial charge in [0.2, 0.25) is 0 Å². The molecule has 0 radical (unpaired) electrons. The van der Waals surface area contributed by atoms with Crippen LogP contribution in [0.4, 0.5) is 5.69 Å². The number of methoxy groups -OCH3 is 1. The van der Waals surface area contributed by atoms with Crippen LogP contribution in [0.1, 0.15) is 26.6 Å². The number of nitrogen functional groups attached to an aromatic ring is 1. The topological polar surface area (TPSA) is 89.1 Å². The minimum atomic E-state index is -0.522. The number of nitrogens with two attached hydrogens (primary N) is 1. The summed E-state index contributed by atoms with van der Waals surface area (Å²) in [4.78, 5) is 17.2. The number of carbonyl (C=O) groups is 1. The van der Waals surface area contributed by atoms with Crippen LogP contribution in [0.15, 0.2) is 48.5 Å². The van der Waals surface area contributed by atoms with Gasteiger partial charge >= 0.3 is 5.97 Å². The standard InChI is InChI=1S/C19H17N3O2S/c1-11-7-6-10-13(14(11)20)15(21)18-22-16(19(23)24-2)17(25-18)12-8-4-3-5-9-12/h3-10,21H,20H2,1-2H3. The van der Waals surface area contributed by atoms with E-state index in [2.05, 4.69) is 4.98 Å². The molecule has 3 N–H and O–H groups in total. The number of hydrogen-bond donors (Lipinski definition) is 2. The van der Waals surface area contributed by atoms with Gasteiger partial charge in [0.05, 0.1) is 17.7 Å². The second kappa shape index (κ2) is 6.86. The third-order valence-corrected chi connectivity index (χ3v) is 4.97. The molecule has 2 aromatic carbocycles. The molecule has 0 aliphatic heterocycles. The number of nitrogens with zero attached hydrogens (tertiary/aromatic N) is 1. The van der Waals surface area contributed by atoms with Gasteiger partial charge in [-0.15, -0.1) is 11.3 Å². The Morgan fingerprint density at radius 2 is 1.88 bits per heavy atom. The summed E-state index contributed by atoms with van der Waals surface area (Å²) >= 11 is 1.28. The number of hydrogen-bond acceptors (Lipinski definition) is 6. The first-order chi connectivity index (χ1) is 12.0. The van der Waals surface area contributed by atoms with Gasteiger partial charge in [-0.25, -0.2) is 9.78 Å². The maximum atomic E-state index is 12.1. The maximum Gasteiger partial charge on any atom is 0.358 e. The van der Waals surface area contributed by atoms with Gasteiger partial charge in [-0.05, 0) is 18.1 Å². The molecule has 0 spiro atoms. The second-order valence-electron chi connectivity index (χ2n) is 5.47. The molecule has 3 rings (SSSR count). The smallest absolute Gasteiger partial charge is 0.358 e. The second-order valence-corrected chi connectivity index (χ2v) is 6.46. The molecule has 0 bridgehead atoms. The molecule has 0 aliphatic rings. The molecule has 0 amide bonds. The highest BCUT2D eigenvalue weighted by molar-refractivity contribution is 7.17. The summed E-state index contributed by atoms with van der Waals surface area (Å²) < 4.78 is 4.85. The summed E-state index contributed by atoms with van der Waals surface area (Å²) in [5.74, 6) is -0.522. The highest BCUT2D eigenvalue weighted by Gasteiger charge is 2.23. The van der Waals surface area contributed by atoms with Crippen LogP contribution >= 0.6 is 11.3 Å². The van der Waals surface area contributed by atoms with Crippen molar-refractivity contribution in [2.75, 3.05) is 12.8 Å². The lowest BCUT2D eigenvalue weighted by Crippen LogP contribution is -2.08. The summed E-state index contributed by atoms with van der Waals surface area (Å²) in [5.41, 5.74) is 9.42. The van der Waals surface area contributed by atoms with Crippen molar-refractivity contribution in [3.8, 4) is 10.4 Å². The third kappa shape index (κ3) is 3.16. The fourth-order valence-electron chi connectivity index (χ4n) is 2.46. The van der Waals surface area contributed by atoms with Gasteiger partial charge in [0, 0.05) is 11.3 Å². The predicted molar refractivity (Wildman–Crippen MR) is 100 cm³/mol. The zero-order valence-corrected chi connectivity index (χ0v) is 14.7. The average Bonchev–Trinajstić information content (AvgIpc) is 3.09. The predicted octanol–water partition coefficient (Wildman–Crippen LogP) is 3.90. The maximum absolute atomic E-state index is 12.1. The highest BCUT2D eigenvalue weighted by Crippen LogP contribution is 2.32. The van der Waals surface area contributed by atoms with Crippen molar-refractivity contribution in [2.45, 2.75) is 6.92 Å². The van der Waals surface area contributed by atoms with Crippen LogP contribution in [0.5, 0.6) is 0 Å². The highest BCUT2D eigenvalue weighted by atomic mass is 32.1. The van der Waals surface area contributed by atoms with Crippen LogP contribution in [0.3, 0.4) is 0 Å². The lowest BCUT2D eigenvalue weighted by atomic mass is 10.0. The lowest BCUT2D eigenvalue weighted by molar-refractivity contribution is 0.0596. The van der Waals surface area contributed by atoms with Crippen molar-refractivity contribution < 1.29 is 9.53 Å². The lowest BCUT2D eigenvalue weighted by Gasteiger charge is -2.07. The van der Waals surface area contributed by atoms with E-state index in [0.29, 0.717) is 21.1 Å². The van der Waals surface area contributed by atoms with Crippen molar-refractivity contribution in [3.05, 3.63) is 70.4 Å². The number of aromatic nitrogens is 1. The largest absolute Gasteiger partial charge is 0.464 e. The zero-order valence-electron chi connectivity index (χ0n) is 13.9. The van der Waals surface area contributed by atoms with E-state index in [4.69, 9.17) is 15.9 Å². The molecule has 0 aliphatic carbocycles. The number of thiazole rings is 1. The van der Waals surface area contributed by atoms with Crippen LogP contribution < -0.4 is 5.73 Å². The number of benzene rings is 2. The summed E-state index contributed by atoms with van der Waals surface area (Å²) in [5, 5.41) is 8.92. The molecule has 0 atom stereocenters. The normalized spacial score (nSPS) is 10.5. The first kappa shape index (κ1) is 16.9. The molecular formula is C19H17N3O2S. The van der Waals surface area contributed by atoms with Crippen LogP contribution in [-0.2, 0) is 4.74 Å². The Bertz CT molecular complexity index is 949. The summed E-state index contributed by atoms with van der Waals surface area (Å²) in [6.07, 6.45) is 0. The van der Waals surface area contributed by atoms with E-state index in [0.717, 1.165) is 11.1 Å². The number of rotatable bonds is 4. The molecular weight excluding hydrogens is 334 g/mol. The molecule has 1 heterocycles. The van der Waals surface area contributed by atoms with Gasteiger partial charge in [0.25, 0.3) is 0 Å². The van der Waals surface area contributed by atoms with Crippen molar-refractivity contribution in [3.63, 3.8) is 0 Å². The van der Waals surface area contributed by atoms with E-state index in [1.165, 1.54) is 18.4 Å². The number of para-hydroxylation sites is 1. The molecule has 3 aromatic rings. The molecule has 0 fully saturated rings. The number of esters is 1. The molecule has 1 aromatic heterocycles. The quantitative estimate of drug-likeness (QED) is 0.424. The van der Waals surface area contributed by atoms with Crippen molar-refractivity contribution in [2.24, 2.45) is 0 Å². The first-order valence-corrected chi connectivity index (χ1v) is 8.43. The Kier molecular flexibility index (Phi) is 4.63. The SMILES string of the molecule is COC(=O)c1nc(C(=N)c2cccc(C)c2N)sc1-c1ccccc1. The molecule has 0 unspecified atom stereocenters. The van der Waals surface area contributed by atoms with Gasteiger partial charge in [-0.2, -0.15) is 0 Å². The Hall–Kier alpha value is -2.99. The third-order valence-electron chi connectivity index (χ3n) is 3.85. The minimum Gasteiger partial charge on any atom is -0.464 e. The number of carbonyl (C=O) groups excluding carboxylic acids is 1. The van der Waals surface area contributed by atoms with Crippen LogP contribution in [0, 0.1) is 12.3 Å². The summed E-state index contributed by atoms with van der Waals surface area (Å²) in [7, 11) is 1.32. The van der Waals surface area contributed by atoms with E-state index < -0.39 is 5.97 Å². The van der Waals surface area contributed by atoms with E-state index in [-0.39, 0.29) is 11.4 Å². The van der Waals surface area contributed by atoms with Crippen molar-refractivity contribution >= 4 is 28.7 Å². The van der Waals surface area contributed by atoms with Crippen LogP contribution in [0.25, 0.3) is 10.4 Å². The van der Waals surface area contributed by atoms with Crippen LogP contribution in [-0.4, -0.2) is 23.8 Å². The number of ether oxygens (including phenoxy) is 1. The number of nitrogens with one attached hydrogen (secondary N) is 1. The van der Waals surface area contributed by atoms with E-state index in [1.54, 1.807) is 6.07 Å².